The molecule has 1 aliphatic heterocycles. The summed E-state index contributed by atoms with van der Waals surface area (Å²) in [7, 11) is 0. The Labute approximate surface area is 71.7 Å². The number of aliphatic hydroxyl groups is 1. The molecule has 1 N–H and O–H groups in total. The average Bonchev–Trinajstić information content (AvgIpc) is 2.87. The van der Waals surface area contributed by atoms with Crippen molar-refractivity contribution in [2.24, 2.45) is 0 Å². The van der Waals surface area contributed by atoms with Gasteiger partial charge in [-0.2, -0.15) is 0 Å². The minimum atomic E-state index is -0.304. The second-order valence-corrected chi connectivity index (χ2v) is 2.60. The van der Waals surface area contributed by atoms with Crippen LogP contribution in [0.2, 0.25) is 0 Å². The summed E-state index contributed by atoms with van der Waals surface area (Å²) in [6.07, 6.45) is 1.26. The van der Waals surface area contributed by atoms with Crippen molar-refractivity contribution in [1.29, 1.82) is 0 Å². The van der Waals surface area contributed by atoms with Gasteiger partial charge in [0.25, 0.3) is 0 Å². The molecule has 4 heteroatoms. The van der Waals surface area contributed by atoms with Crippen LogP contribution >= 0.6 is 0 Å². The van der Waals surface area contributed by atoms with Crippen LogP contribution in [0.15, 0.2) is 12.8 Å². The van der Waals surface area contributed by atoms with Crippen LogP contribution < -0.4 is 0 Å². The smallest absolute Gasteiger partial charge is 0.144 e. The Kier molecular flexibility index (Phi) is 4.07. The largest absolute Gasteiger partial charge is 0.494 e. The molecule has 1 saturated heterocycles. The van der Waals surface area contributed by atoms with Crippen LogP contribution in [-0.4, -0.2) is 43.7 Å². The fourth-order valence-corrected chi connectivity index (χ4v) is 0.766. The summed E-state index contributed by atoms with van der Waals surface area (Å²) in [4.78, 5) is 0. The van der Waals surface area contributed by atoms with E-state index >= 15 is 0 Å². The van der Waals surface area contributed by atoms with Gasteiger partial charge < -0.3 is 19.3 Å². The van der Waals surface area contributed by atoms with Gasteiger partial charge in [0.05, 0.1) is 32.7 Å². The second kappa shape index (κ2) is 5.13. The maximum Gasteiger partial charge on any atom is 0.144 e. The zero-order valence-corrected chi connectivity index (χ0v) is 6.94. The lowest BCUT2D eigenvalue weighted by atomic mass is 10.4. The van der Waals surface area contributed by atoms with Crippen molar-refractivity contribution in [3.63, 3.8) is 0 Å². The number of aliphatic hydroxyl groups excluding tert-OH is 1. The standard InChI is InChI=1S/C8H14O4/c1-2-11-7(3-9)4-10-5-8-6-12-8/h2,7-9H,1,3-6H2. The van der Waals surface area contributed by atoms with E-state index in [1.165, 1.54) is 6.26 Å². The molecular formula is C8H14O4. The quantitative estimate of drug-likeness (QED) is 0.433. The van der Waals surface area contributed by atoms with E-state index in [0.29, 0.717) is 13.2 Å². The van der Waals surface area contributed by atoms with Crippen LogP contribution in [0.25, 0.3) is 0 Å². The first kappa shape index (κ1) is 9.51. The monoisotopic (exact) mass is 174 g/mol. The predicted octanol–water partition coefficient (Wildman–Crippen LogP) is -0.0772. The molecule has 1 heterocycles. The van der Waals surface area contributed by atoms with Crippen LogP contribution in [0, 0.1) is 0 Å². The van der Waals surface area contributed by atoms with Gasteiger partial charge in [0.15, 0.2) is 0 Å². The highest BCUT2D eigenvalue weighted by Gasteiger charge is 2.22. The molecule has 0 aliphatic carbocycles. The van der Waals surface area contributed by atoms with Gasteiger partial charge in [0.1, 0.15) is 12.2 Å². The third kappa shape index (κ3) is 3.71. The average molecular weight is 174 g/mol. The van der Waals surface area contributed by atoms with Gasteiger partial charge in [-0.1, -0.05) is 6.58 Å². The summed E-state index contributed by atoms with van der Waals surface area (Å²) in [5, 5.41) is 8.75. The lowest BCUT2D eigenvalue weighted by Gasteiger charge is -2.12. The number of epoxide rings is 1. The predicted molar refractivity (Wildman–Crippen MR) is 42.7 cm³/mol. The van der Waals surface area contributed by atoms with Crippen molar-refractivity contribution in [3.05, 3.63) is 12.8 Å². The topological polar surface area (TPSA) is 51.2 Å². The highest BCUT2D eigenvalue weighted by atomic mass is 16.6. The Morgan fingerprint density at radius 1 is 1.75 bits per heavy atom. The SMILES string of the molecule is C=COC(CO)COCC1CO1. The van der Waals surface area contributed by atoms with Gasteiger partial charge in [-0.15, -0.1) is 0 Å². The summed E-state index contributed by atoms with van der Waals surface area (Å²) in [6.45, 7) is 5.07. The number of ether oxygens (including phenoxy) is 3. The van der Waals surface area contributed by atoms with E-state index in [0.717, 1.165) is 6.61 Å². The molecule has 2 unspecified atom stereocenters. The van der Waals surface area contributed by atoms with Crippen LogP contribution in [0.4, 0.5) is 0 Å². The molecule has 1 fully saturated rings. The number of hydrogen-bond acceptors (Lipinski definition) is 4. The first-order valence-electron chi connectivity index (χ1n) is 3.93. The molecule has 12 heavy (non-hydrogen) atoms. The summed E-state index contributed by atoms with van der Waals surface area (Å²) in [5.41, 5.74) is 0. The molecule has 0 saturated carbocycles. The van der Waals surface area contributed by atoms with Crippen molar-refractivity contribution in [1.82, 2.24) is 0 Å². The summed E-state index contributed by atoms with van der Waals surface area (Å²) >= 11 is 0. The van der Waals surface area contributed by atoms with Gasteiger partial charge in [0.2, 0.25) is 0 Å². The van der Waals surface area contributed by atoms with E-state index in [1.54, 1.807) is 0 Å². The molecule has 2 atom stereocenters. The molecule has 1 rings (SSSR count). The van der Waals surface area contributed by atoms with Crippen molar-refractivity contribution >= 4 is 0 Å². The van der Waals surface area contributed by atoms with Gasteiger partial charge in [-0.3, -0.25) is 0 Å². The Morgan fingerprint density at radius 3 is 3.00 bits per heavy atom. The first-order valence-corrected chi connectivity index (χ1v) is 3.93. The molecule has 0 aromatic carbocycles. The molecule has 70 valence electrons. The molecule has 0 aromatic rings. The Hall–Kier alpha value is -0.580. The summed E-state index contributed by atoms with van der Waals surface area (Å²) < 4.78 is 15.1. The molecular weight excluding hydrogens is 160 g/mol. The zero-order chi connectivity index (χ0) is 8.81. The van der Waals surface area contributed by atoms with Crippen molar-refractivity contribution in [3.8, 4) is 0 Å². The molecule has 0 spiro atoms. The number of rotatable bonds is 7. The van der Waals surface area contributed by atoms with E-state index in [4.69, 9.17) is 19.3 Å². The summed E-state index contributed by atoms with van der Waals surface area (Å²) in [5.74, 6) is 0. The lowest BCUT2D eigenvalue weighted by Crippen LogP contribution is -2.23. The zero-order valence-electron chi connectivity index (χ0n) is 6.94. The van der Waals surface area contributed by atoms with Gasteiger partial charge >= 0.3 is 0 Å². The van der Waals surface area contributed by atoms with E-state index in [1.807, 2.05) is 0 Å². The molecule has 4 nitrogen and oxygen atoms in total. The van der Waals surface area contributed by atoms with Crippen LogP contribution in [0.1, 0.15) is 0 Å². The van der Waals surface area contributed by atoms with Crippen molar-refractivity contribution in [2.45, 2.75) is 12.2 Å². The Bertz CT molecular complexity index is 133. The highest BCUT2D eigenvalue weighted by molar-refractivity contribution is 4.68. The number of hydrogen-bond donors (Lipinski definition) is 1. The molecule has 0 bridgehead atoms. The van der Waals surface area contributed by atoms with Crippen LogP contribution in [0.3, 0.4) is 0 Å². The Morgan fingerprint density at radius 2 is 2.50 bits per heavy atom. The van der Waals surface area contributed by atoms with Gasteiger partial charge in [-0.25, -0.2) is 0 Å². The van der Waals surface area contributed by atoms with Gasteiger partial charge in [0, 0.05) is 0 Å². The van der Waals surface area contributed by atoms with Gasteiger partial charge in [-0.05, 0) is 0 Å². The van der Waals surface area contributed by atoms with E-state index in [9.17, 15) is 0 Å². The lowest BCUT2D eigenvalue weighted by molar-refractivity contribution is -0.00575. The van der Waals surface area contributed by atoms with Crippen LogP contribution in [-0.2, 0) is 14.2 Å². The highest BCUT2D eigenvalue weighted by Crippen LogP contribution is 2.08. The van der Waals surface area contributed by atoms with Crippen molar-refractivity contribution in [2.75, 3.05) is 26.4 Å². The second-order valence-electron chi connectivity index (χ2n) is 2.60. The Balaban J connectivity index is 1.96. The molecule has 1 aliphatic rings. The molecule has 0 aromatic heterocycles. The maximum atomic E-state index is 8.75. The maximum absolute atomic E-state index is 8.75. The molecule has 0 amide bonds. The minimum Gasteiger partial charge on any atom is -0.494 e. The van der Waals surface area contributed by atoms with Crippen LogP contribution in [0.5, 0.6) is 0 Å². The third-order valence-corrected chi connectivity index (χ3v) is 1.50. The summed E-state index contributed by atoms with van der Waals surface area (Å²) in [6, 6.07) is 0. The van der Waals surface area contributed by atoms with E-state index < -0.39 is 0 Å². The first-order chi connectivity index (χ1) is 5.86. The van der Waals surface area contributed by atoms with Crippen molar-refractivity contribution < 1.29 is 19.3 Å². The molecule has 0 radical (unpaired) electrons. The van der Waals surface area contributed by atoms with E-state index in [-0.39, 0.29) is 18.8 Å². The normalized spacial score (nSPS) is 23.2. The fraction of sp³-hybridized carbons (Fsp3) is 0.750. The van der Waals surface area contributed by atoms with E-state index in [2.05, 4.69) is 6.58 Å². The third-order valence-electron chi connectivity index (χ3n) is 1.50. The fourth-order valence-electron chi connectivity index (χ4n) is 0.766. The minimum absolute atomic E-state index is 0.0580.